The van der Waals surface area contributed by atoms with Crippen molar-refractivity contribution in [3.8, 4) is 0 Å². The van der Waals surface area contributed by atoms with Gasteiger partial charge < -0.3 is 9.15 Å². The van der Waals surface area contributed by atoms with Crippen molar-refractivity contribution in [2.45, 2.75) is 25.0 Å². The summed E-state index contributed by atoms with van der Waals surface area (Å²) in [6.07, 6.45) is 1.93. The molecule has 4 nitrogen and oxygen atoms in total. The predicted molar refractivity (Wildman–Crippen MR) is 79.9 cm³/mol. The molecule has 2 aliphatic rings. The highest BCUT2D eigenvalue weighted by molar-refractivity contribution is 6.34. The second kappa shape index (κ2) is 5.13. The molecule has 0 bridgehead atoms. The van der Waals surface area contributed by atoms with Crippen molar-refractivity contribution in [3.63, 3.8) is 0 Å². The van der Waals surface area contributed by atoms with Crippen LogP contribution in [-0.4, -0.2) is 42.5 Å². The molecule has 110 valence electrons. The van der Waals surface area contributed by atoms with Crippen LogP contribution in [0.2, 0.25) is 5.02 Å². The summed E-state index contributed by atoms with van der Waals surface area (Å²) in [4.78, 5) is 14.9. The number of ketones is 1. The van der Waals surface area contributed by atoms with Crippen LogP contribution in [0.5, 0.6) is 0 Å². The number of benzene rings is 1. The van der Waals surface area contributed by atoms with Gasteiger partial charge in [0.05, 0.1) is 11.6 Å². The summed E-state index contributed by atoms with van der Waals surface area (Å²) in [5.41, 5.74) is 0.567. The molecule has 2 unspecified atom stereocenters. The molecule has 4 rings (SSSR count). The minimum atomic E-state index is -0.432. The Morgan fingerprint density at radius 3 is 3.14 bits per heavy atom. The number of rotatable bonds is 2. The van der Waals surface area contributed by atoms with Gasteiger partial charge in [-0.2, -0.15) is 0 Å². The third kappa shape index (κ3) is 2.27. The number of hydrogen-bond acceptors (Lipinski definition) is 4. The smallest absolute Gasteiger partial charge is 0.227 e. The van der Waals surface area contributed by atoms with Crippen LogP contribution in [0, 0.1) is 0 Å². The Balaban J connectivity index is 1.59. The van der Waals surface area contributed by atoms with Gasteiger partial charge in [0.25, 0.3) is 0 Å². The van der Waals surface area contributed by atoms with Gasteiger partial charge in [-0.1, -0.05) is 23.7 Å². The predicted octanol–water partition coefficient (Wildman–Crippen LogP) is 3.13. The summed E-state index contributed by atoms with van der Waals surface area (Å²) >= 11 is 6.09. The van der Waals surface area contributed by atoms with Crippen LogP contribution in [0.1, 0.15) is 23.4 Å². The number of hydrogen-bond donors (Lipinski definition) is 0. The third-order valence-corrected chi connectivity index (χ3v) is 4.72. The minimum Gasteiger partial charge on any atom is -0.451 e. The molecule has 2 saturated heterocycles. The molecule has 2 fully saturated rings. The second-order valence-corrected chi connectivity index (χ2v) is 6.15. The first-order valence-electron chi connectivity index (χ1n) is 7.30. The zero-order chi connectivity index (χ0) is 14.4. The molecule has 0 saturated carbocycles. The number of fused-ring (bicyclic) bond motifs is 2. The summed E-state index contributed by atoms with van der Waals surface area (Å²) in [5, 5.41) is 1.37. The fraction of sp³-hybridized carbons (Fsp3) is 0.438. The molecular formula is C16H16ClNO3. The SMILES string of the molecule is O=C(c1cc2cccc(Cl)c2o1)C1CN2CCCC2CO1. The molecule has 0 radical (unpaired) electrons. The highest BCUT2D eigenvalue weighted by Crippen LogP contribution is 2.29. The number of nitrogens with zero attached hydrogens (tertiary/aromatic N) is 1. The Morgan fingerprint density at radius 2 is 2.29 bits per heavy atom. The zero-order valence-corrected chi connectivity index (χ0v) is 12.3. The maximum Gasteiger partial charge on any atom is 0.227 e. The average Bonchev–Trinajstić information content (AvgIpc) is 3.12. The van der Waals surface area contributed by atoms with Gasteiger partial charge in [0, 0.05) is 18.0 Å². The number of halogens is 1. The maximum absolute atomic E-state index is 12.6. The van der Waals surface area contributed by atoms with Crippen molar-refractivity contribution < 1.29 is 13.9 Å². The van der Waals surface area contributed by atoms with E-state index in [1.54, 1.807) is 12.1 Å². The fourth-order valence-electron chi connectivity index (χ4n) is 3.28. The van der Waals surface area contributed by atoms with Gasteiger partial charge in [0.2, 0.25) is 5.78 Å². The summed E-state index contributed by atoms with van der Waals surface area (Å²) in [6, 6.07) is 7.73. The van der Waals surface area contributed by atoms with Crippen LogP contribution >= 0.6 is 11.6 Å². The molecule has 5 heteroatoms. The van der Waals surface area contributed by atoms with Gasteiger partial charge in [-0.15, -0.1) is 0 Å². The summed E-state index contributed by atoms with van der Waals surface area (Å²) in [6.45, 7) is 2.36. The van der Waals surface area contributed by atoms with Crippen molar-refractivity contribution in [1.29, 1.82) is 0 Å². The van der Waals surface area contributed by atoms with E-state index >= 15 is 0 Å². The Morgan fingerprint density at radius 1 is 1.38 bits per heavy atom. The topological polar surface area (TPSA) is 42.7 Å². The van der Waals surface area contributed by atoms with E-state index in [0.29, 0.717) is 35.6 Å². The lowest BCUT2D eigenvalue weighted by molar-refractivity contribution is -0.0353. The van der Waals surface area contributed by atoms with E-state index in [9.17, 15) is 4.79 Å². The molecule has 21 heavy (non-hydrogen) atoms. The van der Waals surface area contributed by atoms with Crippen LogP contribution in [0.15, 0.2) is 28.7 Å². The zero-order valence-electron chi connectivity index (χ0n) is 11.5. The number of carbonyl (C=O) groups excluding carboxylic acids is 1. The average molecular weight is 306 g/mol. The molecule has 0 aliphatic carbocycles. The van der Waals surface area contributed by atoms with Crippen molar-refractivity contribution in [2.24, 2.45) is 0 Å². The second-order valence-electron chi connectivity index (χ2n) is 5.75. The van der Waals surface area contributed by atoms with Crippen LogP contribution < -0.4 is 0 Å². The number of para-hydroxylation sites is 1. The number of ether oxygens (including phenoxy) is 1. The Kier molecular flexibility index (Phi) is 3.25. The van der Waals surface area contributed by atoms with E-state index in [2.05, 4.69) is 4.90 Å². The first-order chi connectivity index (χ1) is 10.2. The standard InChI is InChI=1S/C16H16ClNO3/c17-12-5-1-3-10-7-13(21-16(10)12)15(19)14-8-18-6-2-4-11(18)9-20-14/h1,3,5,7,11,14H,2,4,6,8-9H2. The first-order valence-corrected chi connectivity index (χ1v) is 7.68. The lowest BCUT2D eigenvalue weighted by atomic mass is 10.1. The van der Waals surface area contributed by atoms with Crippen LogP contribution in [0.25, 0.3) is 11.0 Å². The van der Waals surface area contributed by atoms with E-state index in [1.807, 2.05) is 12.1 Å². The monoisotopic (exact) mass is 305 g/mol. The third-order valence-electron chi connectivity index (χ3n) is 4.42. The van der Waals surface area contributed by atoms with Crippen molar-refractivity contribution in [3.05, 3.63) is 35.0 Å². The molecule has 0 amide bonds. The Bertz CT molecular complexity index is 696. The van der Waals surface area contributed by atoms with E-state index in [0.717, 1.165) is 11.9 Å². The lowest BCUT2D eigenvalue weighted by Crippen LogP contribution is -2.49. The highest BCUT2D eigenvalue weighted by Gasteiger charge is 2.36. The van der Waals surface area contributed by atoms with E-state index < -0.39 is 6.10 Å². The number of furan rings is 1. The molecule has 2 aliphatic heterocycles. The maximum atomic E-state index is 12.6. The molecule has 0 spiro atoms. The van der Waals surface area contributed by atoms with Gasteiger partial charge in [-0.3, -0.25) is 9.69 Å². The van der Waals surface area contributed by atoms with E-state index in [1.165, 1.54) is 12.8 Å². The molecular weight excluding hydrogens is 290 g/mol. The molecule has 2 aromatic rings. The lowest BCUT2D eigenvalue weighted by Gasteiger charge is -2.33. The highest BCUT2D eigenvalue weighted by atomic mass is 35.5. The summed E-state index contributed by atoms with van der Waals surface area (Å²) < 4.78 is 11.4. The van der Waals surface area contributed by atoms with Crippen molar-refractivity contribution in [2.75, 3.05) is 19.7 Å². The largest absolute Gasteiger partial charge is 0.451 e. The molecule has 3 heterocycles. The number of Topliss-reactive ketones (excluding diaryl/α,β-unsaturated/α-hetero) is 1. The quantitative estimate of drug-likeness (QED) is 0.800. The van der Waals surface area contributed by atoms with Crippen LogP contribution in [0.4, 0.5) is 0 Å². The van der Waals surface area contributed by atoms with Crippen LogP contribution in [-0.2, 0) is 4.74 Å². The summed E-state index contributed by atoms with van der Waals surface area (Å²) in [7, 11) is 0. The van der Waals surface area contributed by atoms with Gasteiger partial charge in [-0.25, -0.2) is 0 Å². The van der Waals surface area contributed by atoms with Gasteiger partial charge >= 0.3 is 0 Å². The van der Waals surface area contributed by atoms with Crippen LogP contribution in [0.3, 0.4) is 0 Å². The van der Waals surface area contributed by atoms with Gasteiger partial charge in [0.15, 0.2) is 11.3 Å². The summed E-state index contributed by atoms with van der Waals surface area (Å²) in [5.74, 6) is 0.244. The van der Waals surface area contributed by atoms with Gasteiger partial charge in [-0.05, 0) is 31.5 Å². The van der Waals surface area contributed by atoms with Gasteiger partial charge in [0.1, 0.15) is 6.10 Å². The Hall–Kier alpha value is -1.36. The number of morpholine rings is 1. The molecule has 0 N–H and O–H groups in total. The molecule has 1 aromatic carbocycles. The van der Waals surface area contributed by atoms with E-state index in [-0.39, 0.29) is 5.78 Å². The number of carbonyl (C=O) groups is 1. The first kappa shape index (κ1) is 13.3. The molecule has 2 atom stereocenters. The normalized spacial score (nSPS) is 26.1. The van der Waals surface area contributed by atoms with Crippen molar-refractivity contribution in [1.82, 2.24) is 4.90 Å². The minimum absolute atomic E-state index is 0.0902. The fourth-order valence-corrected chi connectivity index (χ4v) is 3.50. The Labute approximate surface area is 127 Å². The van der Waals surface area contributed by atoms with Crippen molar-refractivity contribution >= 4 is 28.4 Å². The molecule has 1 aromatic heterocycles. The van der Waals surface area contributed by atoms with E-state index in [4.69, 9.17) is 20.8 Å².